The van der Waals surface area contributed by atoms with Crippen LogP contribution in [0.2, 0.25) is 0 Å². The topological polar surface area (TPSA) is 130 Å². The summed E-state index contributed by atoms with van der Waals surface area (Å²) >= 11 is 0. The monoisotopic (exact) mass is 1400 g/mol. The number of carboxylic acid groups (broad SMARTS) is 1. The van der Waals surface area contributed by atoms with Gasteiger partial charge >= 0.3 is 5.97 Å². The van der Waals surface area contributed by atoms with E-state index in [9.17, 15) is 9.90 Å². The molecule has 0 radical (unpaired) electrons. The molecule has 104 heavy (non-hydrogen) atoms. The first-order valence-electron chi connectivity index (χ1n) is 38.8. The van der Waals surface area contributed by atoms with Crippen molar-refractivity contribution in [3.63, 3.8) is 0 Å². The molecule has 0 aromatic heterocycles. The number of fused-ring (bicyclic) bond motifs is 5. The lowest BCUT2D eigenvalue weighted by Gasteiger charge is -2.68. The van der Waals surface area contributed by atoms with Gasteiger partial charge in [-0.05, 0) is 148 Å². The number of aliphatic carboxylic acids is 1. The summed E-state index contributed by atoms with van der Waals surface area (Å²) in [5, 5.41) is 10.6. The van der Waals surface area contributed by atoms with Crippen LogP contribution < -0.4 is 0 Å². The summed E-state index contributed by atoms with van der Waals surface area (Å²) in [6, 6.07) is 83.7. The van der Waals surface area contributed by atoms with Crippen LogP contribution in [0.4, 0.5) is 0 Å². The Morgan fingerprint density at radius 3 is 1.16 bits per heavy atom. The predicted octanol–water partition coefficient (Wildman–Crippen LogP) is 18.5. The van der Waals surface area contributed by atoms with Crippen LogP contribution in [0, 0.1) is 58.2 Å². The van der Waals surface area contributed by atoms with E-state index in [1.807, 2.05) is 24.3 Å². The fraction of sp³-hybridized carbons (Fsp3) is 0.467. The molecule has 1 N–H and O–H groups in total. The van der Waals surface area contributed by atoms with Crippen LogP contribution in [0.15, 0.2) is 243 Å². The van der Waals surface area contributed by atoms with Gasteiger partial charge in [-0.25, -0.2) is 0 Å². The Morgan fingerprint density at radius 2 is 0.769 bits per heavy atom. The standard InChI is InChI=1S/C92H108O12/c1-64(47-50-81(93)94)75-48-49-76-82-74(83-87(99-58-69-38-20-8-21-39-69)89(101-60-71-42-24-10-25-43-71)85(97-56-67-34-16-6-17-35-67)79(103-83)62-95-54-65-30-12-4-13-31-65)52-73-46-28-29-51-91(73,2)77(82)53-78(92(75,76)3)84-88(100-59-70-40-22-9-23-41-70)90(102-61-72-44-26-11-27-45-72)86(98-57-68-36-18-7-19-37-68)80(104-84)63-96-55-66-32-14-5-15-33-66/h4-27,30-45,64,73-80,82-90H,28-29,46-63H2,1-3H3,(H,93,94)/t64-,73+,74+,75-,76+,77+,78+,79-,80-,82+,83?,84+,85-,86-,87+,88+,89+,90+,91+,92-/m1/s1. The molecule has 12 heteroatoms. The fourth-order valence-corrected chi connectivity index (χ4v) is 20.1. The first kappa shape index (κ1) is 73.7. The zero-order chi connectivity index (χ0) is 71.1. The van der Waals surface area contributed by atoms with Crippen molar-refractivity contribution >= 4 is 5.97 Å². The molecule has 6 fully saturated rings. The first-order chi connectivity index (χ1) is 51.1. The molecule has 0 amide bonds. The van der Waals surface area contributed by atoms with E-state index in [2.05, 4.69) is 239 Å². The summed E-state index contributed by atoms with van der Waals surface area (Å²) in [6.45, 7) is 11.0. The summed E-state index contributed by atoms with van der Waals surface area (Å²) in [7, 11) is 0. The van der Waals surface area contributed by atoms with Crippen molar-refractivity contribution in [1.82, 2.24) is 0 Å². The van der Waals surface area contributed by atoms with Gasteiger partial charge in [-0.2, -0.15) is 0 Å². The van der Waals surface area contributed by atoms with Crippen LogP contribution in [0.1, 0.15) is 129 Å². The van der Waals surface area contributed by atoms with E-state index < -0.39 is 72.4 Å². The van der Waals surface area contributed by atoms with E-state index in [0.717, 1.165) is 83.0 Å². The minimum absolute atomic E-state index is 0.0130. The molecule has 1 unspecified atom stereocenters. The Kier molecular flexibility index (Phi) is 25.2. The number of carbonyl (C=O) groups is 1. The number of benzene rings is 8. The third kappa shape index (κ3) is 17.4. The highest BCUT2D eigenvalue weighted by molar-refractivity contribution is 5.66. The van der Waals surface area contributed by atoms with Crippen molar-refractivity contribution in [2.45, 2.75) is 199 Å². The lowest BCUT2D eigenvalue weighted by atomic mass is 9.39. The van der Waals surface area contributed by atoms with Crippen molar-refractivity contribution in [3.8, 4) is 0 Å². The Hall–Kier alpha value is -7.17. The van der Waals surface area contributed by atoms with Crippen LogP contribution in [0.3, 0.4) is 0 Å². The van der Waals surface area contributed by atoms with E-state index in [1.54, 1.807) is 0 Å². The Bertz CT molecular complexity index is 3840. The molecular weight excluding hydrogens is 1300 g/mol. The third-order valence-electron chi connectivity index (χ3n) is 25.1. The van der Waals surface area contributed by atoms with Gasteiger partial charge in [-0.1, -0.05) is 276 Å². The van der Waals surface area contributed by atoms with E-state index in [1.165, 1.54) is 12.8 Å². The molecule has 12 nitrogen and oxygen atoms in total. The highest BCUT2D eigenvalue weighted by Crippen LogP contribution is 2.73. The summed E-state index contributed by atoms with van der Waals surface area (Å²) in [5.74, 6) is 0.270. The number of ether oxygens (including phenoxy) is 10. The Labute approximate surface area is 617 Å². The van der Waals surface area contributed by atoms with Gasteiger partial charge in [0, 0.05) is 6.42 Å². The van der Waals surface area contributed by atoms with Crippen molar-refractivity contribution in [2.75, 3.05) is 13.2 Å². The predicted molar refractivity (Wildman–Crippen MR) is 403 cm³/mol. The minimum Gasteiger partial charge on any atom is -0.481 e. The van der Waals surface area contributed by atoms with Gasteiger partial charge < -0.3 is 52.5 Å². The normalized spacial score (nSPS) is 31.2. The van der Waals surface area contributed by atoms with Gasteiger partial charge in [0.2, 0.25) is 0 Å². The van der Waals surface area contributed by atoms with Gasteiger partial charge in [-0.3, -0.25) is 4.79 Å². The lowest BCUT2D eigenvalue weighted by molar-refractivity contribution is -0.312. The fourth-order valence-electron chi connectivity index (χ4n) is 20.1. The van der Waals surface area contributed by atoms with Crippen LogP contribution in [0.25, 0.3) is 0 Å². The number of hydrogen-bond acceptors (Lipinski definition) is 11. The van der Waals surface area contributed by atoms with Crippen molar-refractivity contribution in [2.24, 2.45) is 58.2 Å². The summed E-state index contributed by atoms with van der Waals surface area (Å²) < 4.78 is 75.7. The van der Waals surface area contributed by atoms with E-state index >= 15 is 0 Å². The second-order valence-corrected chi connectivity index (χ2v) is 31.3. The molecule has 2 heterocycles. The molecule has 8 aromatic carbocycles. The van der Waals surface area contributed by atoms with E-state index in [0.29, 0.717) is 65.2 Å². The summed E-state index contributed by atoms with van der Waals surface area (Å²) in [5.41, 5.74) is 8.06. The van der Waals surface area contributed by atoms with Crippen LogP contribution in [0.5, 0.6) is 0 Å². The highest BCUT2D eigenvalue weighted by Gasteiger charge is 2.70. The summed E-state index contributed by atoms with van der Waals surface area (Å²) in [6.07, 6.45) is 3.37. The third-order valence-corrected chi connectivity index (χ3v) is 25.1. The van der Waals surface area contributed by atoms with Gasteiger partial charge in [0.15, 0.2) is 0 Å². The maximum absolute atomic E-state index is 12.9. The molecule has 6 aliphatic rings. The molecule has 20 atom stereocenters. The zero-order valence-corrected chi connectivity index (χ0v) is 61.1. The van der Waals surface area contributed by atoms with Gasteiger partial charge in [-0.15, -0.1) is 0 Å². The van der Waals surface area contributed by atoms with Crippen LogP contribution in [-0.4, -0.2) is 85.3 Å². The molecule has 0 spiro atoms. The molecule has 2 aliphatic heterocycles. The van der Waals surface area contributed by atoms with E-state index in [-0.39, 0.29) is 66.5 Å². The Balaban J connectivity index is 0.916. The van der Waals surface area contributed by atoms with Gasteiger partial charge in [0.05, 0.1) is 78.3 Å². The largest absolute Gasteiger partial charge is 0.481 e. The van der Waals surface area contributed by atoms with Crippen molar-refractivity contribution < 1.29 is 57.3 Å². The van der Waals surface area contributed by atoms with E-state index in [4.69, 9.17) is 47.4 Å². The summed E-state index contributed by atoms with van der Waals surface area (Å²) in [4.78, 5) is 12.9. The second-order valence-electron chi connectivity index (χ2n) is 31.3. The number of hydrogen-bond donors (Lipinski definition) is 1. The SMILES string of the molecule is C[C@H](CCC(=O)O)[C@H]1CC[C@H]2[C@@H]3[C@@H](C4O[C@H](COCc5ccccc5)[C@@H](OCc5ccccc5)[C@H](OCc5ccccc5)[C@H]4OCc4ccccc4)C[C@@H]4CCCC[C@]4(C)[C@H]3C[C@@H]([C@@H]3O[C@H](COCc4ccccc4)[C@@H](OCc4ccccc4)[C@H](OCc4ccccc4)[C@H]3OCc3ccccc3)[C@]12C. The van der Waals surface area contributed by atoms with Gasteiger partial charge in [0.25, 0.3) is 0 Å². The van der Waals surface area contributed by atoms with Gasteiger partial charge in [0.1, 0.15) is 48.8 Å². The maximum Gasteiger partial charge on any atom is 0.303 e. The highest BCUT2D eigenvalue weighted by atomic mass is 16.6. The molecule has 4 saturated carbocycles. The van der Waals surface area contributed by atoms with Crippen molar-refractivity contribution in [3.05, 3.63) is 287 Å². The molecule has 4 aliphatic carbocycles. The zero-order valence-electron chi connectivity index (χ0n) is 61.1. The molecule has 8 aromatic rings. The molecule has 0 bridgehead atoms. The second kappa shape index (κ2) is 35.5. The molecule has 2 saturated heterocycles. The molecule has 548 valence electrons. The quantitative estimate of drug-likeness (QED) is 0.0431. The van der Waals surface area contributed by atoms with Crippen LogP contribution >= 0.6 is 0 Å². The van der Waals surface area contributed by atoms with Crippen molar-refractivity contribution in [1.29, 1.82) is 0 Å². The molecule has 14 rings (SSSR count). The van der Waals surface area contributed by atoms with Crippen LogP contribution in [-0.2, 0) is 105 Å². The Morgan fingerprint density at radius 1 is 0.413 bits per heavy atom. The number of carboxylic acids is 1. The number of rotatable bonds is 32. The smallest absolute Gasteiger partial charge is 0.303 e. The lowest BCUT2D eigenvalue weighted by Crippen LogP contribution is -2.69. The first-order valence-corrected chi connectivity index (χ1v) is 38.8. The minimum atomic E-state index is -0.767. The molecular formula is C92H108O12. The average Bonchev–Trinajstić information content (AvgIpc) is 1.32. The average molecular weight is 1410 g/mol. The maximum atomic E-state index is 12.9.